The molecule has 3 aliphatic rings. The molecule has 0 radical (unpaired) electrons. The van der Waals surface area contributed by atoms with E-state index < -0.39 is 73.0 Å². The fraction of sp³-hybridized carbons (Fsp3) is 0.533. The number of aromatic nitrogens is 1. The predicted octanol–water partition coefficient (Wildman–Crippen LogP) is 8.05. The highest BCUT2D eigenvalue weighted by Crippen LogP contribution is 2.70. The molecule has 2 aliphatic carbocycles. The van der Waals surface area contributed by atoms with Gasteiger partial charge in [0.05, 0.1) is 31.5 Å². The topological polar surface area (TPSA) is 181 Å². The lowest BCUT2D eigenvalue weighted by molar-refractivity contribution is -0.142. The molecule has 2 N–H and O–H groups in total. The van der Waals surface area contributed by atoms with Gasteiger partial charge in [-0.05, 0) is 55.6 Å². The molecule has 1 aliphatic heterocycles. The van der Waals surface area contributed by atoms with Gasteiger partial charge in [0, 0.05) is 42.1 Å². The Morgan fingerprint density at radius 1 is 1.03 bits per heavy atom. The smallest absolute Gasteiger partial charge is 0.497 e. The molecule has 16 heteroatoms. The number of alkyl carbamates (subject to hydrolysis) is 1. The summed E-state index contributed by atoms with van der Waals surface area (Å²) in [7, 11) is -2.19. The van der Waals surface area contributed by atoms with Gasteiger partial charge in [-0.15, -0.1) is 6.58 Å². The van der Waals surface area contributed by atoms with Gasteiger partial charge >= 0.3 is 12.2 Å². The van der Waals surface area contributed by atoms with Crippen LogP contribution in [0.4, 0.5) is 9.59 Å². The molecular formula is C45H59N4O11P. The van der Waals surface area contributed by atoms with Crippen molar-refractivity contribution in [3.05, 3.63) is 67.3 Å². The Bertz CT molecular complexity index is 2140. The van der Waals surface area contributed by atoms with Crippen molar-refractivity contribution in [2.45, 2.75) is 103 Å². The van der Waals surface area contributed by atoms with Crippen LogP contribution in [0.2, 0.25) is 0 Å². The molecule has 6 atom stereocenters. The highest BCUT2D eigenvalue weighted by Gasteiger charge is 2.65. The van der Waals surface area contributed by atoms with Crippen molar-refractivity contribution in [1.82, 2.24) is 20.5 Å². The number of methoxy groups -OCH3 is 1. The highest BCUT2D eigenvalue weighted by atomic mass is 31.2. The molecular weight excluding hydrogens is 803 g/mol. The molecule has 2 saturated carbocycles. The first kappa shape index (κ1) is 45.4. The van der Waals surface area contributed by atoms with E-state index in [0.717, 1.165) is 31.2 Å². The van der Waals surface area contributed by atoms with Crippen molar-refractivity contribution in [3.8, 4) is 22.8 Å². The number of likely N-dealkylation sites (tertiary alicyclic amines) is 1. The molecule has 1 aromatic heterocycles. The lowest BCUT2D eigenvalue weighted by Crippen LogP contribution is -2.58. The fourth-order valence-electron chi connectivity index (χ4n) is 7.97. The summed E-state index contributed by atoms with van der Waals surface area (Å²) in [5.74, 6) is -0.369. The van der Waals surface area contributed by atoms with Crippen molar-refractivity contribution >= 4 is 42.3 Å². The second-order valence-electron chi connectivity index (χ2n) is 17.6. The van der Waals surface area contributed by atoms with E-state index in [4.69, 9.17) is 33.2 Å². The summed E-state index contributed by atoms with van der Waals surface area (Å²) in [6.45, 7) is 13.9. The molecule has 3 amide bonds. The quantitative estimate of drug-likeness (QED) is 0.0613. The number of nitrogens with one attached hydrogen (secondary N) is 2. The maximum absolute atomic E-state index is 14.8. The molecule has 3 fully saturated rings. The number of rotatable bonds is 16. The maximum atomic E-state index is 14.8. The average molecular weight is 863 g/mol. The van der Waals surface area contributed by atoms with E-state index in [-0.39, 0.29) is 38.0 Å². The van der Waals surface area contributed by atoms with Gasteiger partial charge in [0.1, 0.15) is 41.1 Å². The number of fused-ring (bicyclic) bond motifs is 1. The van der Waals surface area contributed by atoms with Crippen LogP contribution in [-0.4, -0.2) is 97.2 Å². The first-order valence-electron chi connectivity index (χ1n) is 20.9. The zero-order chi connectivity index (χ0) is 44.1. The van der Waals surface area contributed by atoms with E-state index in [2.05, 4.69) is 17.2 Å². The number of carbonyl (C=O) groups excluding carboxylic acids is 4. The second-order valence-corrected chi connectivity index (χ2v) is 20.4. The van der Waals surface area contributed by atoms with Gasteiger partial charge < -0.3 is 39.2 Å². The van der Waals surface area contributed by atoms with Crippen LogP contribution in [0, 0.1) is 17.3 Å². The van der Waals surface area contributed by atoms with Crippen molar-refractivity contribution in [1.29, 1.82) is 0 Å². The van der Waals surface area contributed by atoms with Crippen LogP contribution < -0.4 is 20.1 Å². The van der Waals surface area contributed by atoms with Crippen molar-refractivity contribution in [2.24, 2.45) is 17.3 Å². The zero-order valence-electron chi connectivity index (χ0n) is 36.1. The number of carbonyl (C=O) groups is 4. The van der Waals surface area contributed by atoms with Gasteiger partial charge in [0.25, 0.3) is 0 Å². The number of pyridine rings is 1. The van der Waals surface area contributed by atoms with Crippen LogP contribution in [0.1, 0.15) is 73.1 Å². The summed E-state index contributed by atoms with van der Waals surface area (Å²) >= 11 is 0. The molecule has 330 valence electrons. The molecule has 15 nitrogen and oxygen atoms in total. The molecule has 3 aromatic rings. The van der Waals surface area contributed by atoms with Crippen LogP contribution in [-0.2, 0) is 32.9 Å². The summed E-state index contributed by atoms with van der Waals surface area (Å²) in [5, 5.41) is 5.11. The predicted molar refractivity (Wildman–Crippen MR) is 229 cm³/mol. The zero-order valence-corrected chi connectivity index (χ0v) is 37.0. The van der Waals surface area contributed by atoms with E-state index in [0.29, 0.717) is 28.1 Å². The minimum absolute atomic E-state index is 0.0198. The van der Waals surface area contributed by atoms with Gasteiger partial charge in [-0.1, -0.05) is 71.0 Å². The van der Waals surface area contributed by atoms with Gasteiger partial charge in [-0.3, -0.25) is 18.7 Å². The van der Waals surface area contributed by atoms with Crippen LogP contribution in [0.5, 0.6) is 11.5 Å². The third-order valence-corrected chi connectivity index (χ3v) is 14.2. The summed E-state index contributed by atoms with van der Waals surface area (Å²) in [6.07, 6.45) is 2.69. The highest BCUT2D eigenvalue weighted by molar-refractivity contribution is 7.60. The number of nitrogens with zero attached hydrogens (tertiary/aromatic N) is 2. The second kappa shape index (κ2) is 18.9. The minimum atomic E-state index is -3.77. The Morgan fingerprint density at radius 3 is 2.39 bits per heavy atom. The molecule has 0 spiro atoms. The van der Waals surface area contributed by atoms with Gasteiger partial charge in [-0.25, -0.2) is 14.6 Å². The Balaban J connectivity index is 1.30. The molecule has 0 bridgehead atoms. The third kappa shape index (κ3) is 10.7. The summed E-state index contributed by atoms with van der Waals surface area (Å²) in [4.78, 5) is 61.2. The Morgan fingerprint density at radius 2 is 1.75 bits per heavy atom. The van der Waals surface area contributed by atoms with Crippen LogP contribution in [0.15, 0.2) is 67.3 Å². The van der Waals surface area contributed by atoms with E-state index in [1.807, 2.05) is 83.1 Å². The summed E-state index contributed by atoms with van der Waals surface area (Å²) in [6, 6.07) is 14.7. The van der Waals surface area contributed by atoms with E-state index >= 15 is 0 Å². The number of amides is 3. The molecule has 2 aromatic carbocycles. The fourth-order valence-corrected chi connectivity index (χ4v) is 10.00. The van der Waals surface area contributed by atoms with E-state index in [1.165, 1.54) is 11.6 Å². The largest absolute Gasteiger partial charge is 0.510 e. The number of hydrogen-bond donors (Lipinski definition) is 2. The third-order valence-electron chi connectivity index (χ3n) is 11.5. The van der Waals surface area contributed by atoms with Crippen molar-refractivity contribution in [3.63, 3.8) is 0 Å². The average Bonchev–Trinajstić information content (AvgIpc) is 3.48. The summed E-state index contributed by atoms with van der Waals surface area (Å²) in [5.41, 5.74) is 1.33. The number of benzene rings is 2. The standard InChI is InChI=1S/C45H59N4O11P/c1-9-30-24-45(30,61(8,54)58-27-57-43(53)56-26-28(2)3)48-40(50)37-22-33(25-49(37)41(51)39(44(4,5)6)47-42(52)60-31-17-13-14-18-31)59-38-23-35(29-15-11-10-12-16-29)46-36-21-32(55-7)19-20-34(36)38/h9-12,15-16,19-21,23,28,30-31,33,37,39H,1,13-14,17-18,22,24-27H2,2-8H3,(H,47,52)(H,48,50)/t30-,33-,37+,39-,45+,61?/m1/s1. The minimum Gasteiger partial charge on any atom is -0.497 e. The SMILES string of the molecule is C=C[C@@H]1C[C@]1(NC(=O)[C@@H]1C[C@@H](Oc2cc(-c3ccccc3)nc3cc(OC)ccc23)CN1C(=O)[C@@H](NC(=O)OC1CCCC1)C(C)(C)C)P(C)(=O)OCOC(=O)OCC(C)C. The number of hydrogen-bond acceptors (Lipinski definition) is 12. The van der Waals surface area contributed by atoms with Gasteiger partial charge in [0.2, 0.25) is 26.0 Å². The van der Waals surface area contributed by atoms with Crippen LogP contribution in [0.25, 0.3) is 22.2 Å². The number of ether oxygens (including phenoxy) is 5. The molecule has 2 heterocycles. The van der Waals surface area contributed by atoms with Gasteiger partial charge in [0.15, 0.2) is 0 Å². The lowest BCUT2D eigenvalue weighted by Gasteiger charge is -2.36. The van der Waals surface area contributed by atoms with E-state index in [9.17, 15) is 23.7 Å². The Labute approximate surface area is 357 Å². The van der Waals surface area contributed by atoms with Crippen molar-refractivity contribution in [2.75, 3.05) is 33.7 Å². The van der Waals surface area contributed by atoms with Crippen LogP contribution >= 0.6 is 7.37 Å². The first-order chi connectivity index (χ1) is 28.9. The first-order valence-corrected chi connectivity index (χ1v) is 23.0. The van der Waals surface area contributed by atoms with E-state index in [1.54, 1.807) is 19.3 Å². The van der Waals surface area contributed by atoms with Gasteiger partial charge in [-0.2, -0.15) is 0 Å². The van der Waals surface area contributed by atoms with Crippen LogP contribution in [0.3, 0.4) is 0 Å². The molecule has 1 saturated heterocycles. The molecule has 6 rings (SSSR count). The monoisotopic (exact) mass is 862 g/mol. The molecule has 61 heavy (non-hydrogen) atoms. The lowest BCUT2D eigenvalue weighted by atomic mass is 9.85. The summed E-state index contributed by atoms with van der Waals surface area (Å²) < 4.78 is 48.0. The van der Waals surface area contributed by atoms with Crippen molar-refractivity contribution < 1.29 is 52.0 Å². The normalized spacial score (nSPS) is 22.8. The maximum Gasteiger partial charge on any atom is 0.510 e. The molecule has 1 unspecified atom stereocenters. The Kier molecular flexibility index (Phi) is 14.0. The Hall–Kier alpha value is -5.14.